The molecular weight excluding hydrogens is 237 g/mol. The number of benzene rings is 1. The van der Waals surface area contributed by atoms with Gasteiger partial charge in [-0.05, 0) is 18.6 Å². The molecule has 2 aromatic rings. The highest BCUT2D eigenvalue weighted by molar-refractivity contribution is 7.99. The third kappa shape index (κ3) is 2.68. The van der Waals surface area contributed by atoms with E-state index in [9.17, 15) is 4.39 Å². The van der Waals surface area contributed by atoms with Crippen LogP contribution in [-0.4, -0.2) is 9.78 Å². The lowest BCUT2D eigenvalue weighted by atomic mass is 10.1. The van der Waals surface area contributed by atoms with Gasteiger partial charge in [-0.3, -0.25) is 4.68 Å². The van der Waals surface area contributed by atoms with E-state index in [1.807, 2.05) is 26.2 Å². The zero-order valence-corrected chi connectivity index (χ0v) is 10.5. The molecule has 0 amide bonds. The molecule has 0 saturated heterocycles. The van der Waals surface area contributed by atoms with E-state index in [0.29, 0.717) is 4.90 Å². The van der Waals surface area contributed by atoms with Gasteiger partial charge in [0.15, 0.2) is 0 Å². The van der Waals surface area contributed by atoms with E-state index in [0.717, 1.165) is 10.5 Å². The van der Waals surface area contributed by atoms with Crippen molar-refractivity contribution in [3.05, 3.63) is 42.0 Å². The molecule has 3 nitrogen and oxygen atoms in total. The van der Waals surface area contributed by atoms with Gasteiger partial charge in [0.05, 0.1) is 16.0 Å². The van der Waals surface area contributed by atoms with Gasteiger partial charge in [-0.1, -0.05) is 23.9 Å². The highest BCUT2D eigenvalue weighted by Gasteiger charge is 2.13. The first-order valence-electron chi connectivity index (χ1n) is 5.28. The van der Waals surface area contributed by atoms with Crippen molar-refractivity contribution >= 4 is 11.8 Å². The third-order valence-electron chi connectivity index (χ3n) is 2.39. The van der Waals surface area contributed by atoms with Crippen molar-refractivity contribution in [2.75, 3.05) is 0 Å². The Labute approximate surface area is 104 Å². The van der Waals surface area contributed by atoms with E-state index in [4.69, 9.17) is 5.73 Å². The molecule has 1 aromatic heterocycles. The van der Waals surface area contributed by atoms with Gasteiger partial charge in [0.2, 0.25) is 0 Å². The third-order valence-corrected chi connectivity index (χ3v) is 3.47. The summed E-state index contributed by atoms with van der Waals surface area (Å²) < 4.78 is 15.5. The van der Waals surface area contributed by atoms with Gasteiger partial charge in [-0.2, -0.15) is 5.10 Å². The number of hydrogen-bond donors (Lipinski definition) is 1. The summed E-state index contributed by atoms with van der Waals surface area (Å²) in [4.78, 5) is 1.48. The number of aromatic nitrogens is 2. The molecule has 0 aliphatic rings. The second-order valence-corrected chi connectivity index (χ2v) is 4.98. The molecule has 0 bridgehead atoms. The number of hydrogen-bond acceptors (Lipinski definition) is 3. The molecule has 17 heavy (non-hydrogen) atoms. The Morgan fingerprint density at radius 3 is 2.82 bits per heavy atom. The van der Waals surface area contributed by atoms with Crippen LogP contribution >= 0.6 is 11.8 Å². The number of aryl methyl sites for hydroxylation is 1. The smallest absolute Gasteiger partial charge is 0.137 e. The largest absolute Gasteiger partial charge is 0.324 e. The molecule has 0 radical (unpaired) electrons. The molecule has 1 aromatic carbocycles. The van der Waals surface area contributed by atoms with Gasteiger partial charge in [-0.25, -0.2) is 4.39 Å². The minimum Gasteiger partial charge on any atom is -0.324 e. The summed E-state index contributed by atoms with van der Waals surface area (Å²) >= 11 is 1.35. The SMILES string of the molecule is C[C@H](N)c1cccc(F)c1Sc1cnn(C)c1. The van der Waals surface area contributed by atoms with Crippen LogP contribution in [0.3, 0.4) is 0 Å². The lowest BCUT2D eigenvalue weighted by Gasteiger charge is -2.12. The Morgan fingerprint density at radius 1 is 1.47 bits per heavy atom. The predicted molar refractivity (Wildman–Crippen MR) is 66.3 cm³/mol. The number of halogens is 1. The van der Waals surface area contributed by atoms with Gasteiger partial charge < -0.3 is 5.73 Å². The summed E-state index contributed by atoms with van der Waals surface area (Å²) in [5.74, 6) is -0.242. The summed E-state index contributed by atoms with van der Waals surface area (Å²) in [5, 5.41) is 4.06. The molecule has 0 saturated carbocycles. The topological polar surface area (TPSA) is 43.8 Å². The Kier molecular flexibility index (Phi) is 3.49. The van der Waals surface area contributed by atoms with Gasteiger partial charge in [0, 0.05) is 19.3 Å². The highest BCUT2D eigenvalue weighted by Crippen LogP contribution is 2.34. The highest BCUT2D eigenvalue weighted by atomic mass is 32.2. The zero-order chi connectivity index (χ0) is 12.4. The van der Waals surface area contributed by atoms with Crippen LogP contribution in [0.2, 0.25) is 0 Å². The van der Waals surface area contributed by atoms with E-state index in [1.165, 1.54) is 17.8 Å². The Hall–Kier alpha value is -1.33. The van der Waals surface area contributed by atoms with Crippen LogP contribution in [0.25, 0.3) is 0 Å². The van der Waals surface area contributed by atoms with Crippen molar-refractivity contribution in [1.29, 1.82) is 0 Å². The van der Waals surface area contributed by atoms with Crippen LogP contribution in [0, 0.1) is 5.82 Å². The van der Waals surface area contributed by atoms with E-state index < -0.39 is 0 Å². The first-order chi connectivity index (χ1) is 8.08. The van der Waals surface area contributed by atoms with Crippen molar-refractivity contribution < 1.29 is 4.39 Å². The van der Waals surface area contributed by atoms with Crippen LogP contribution in [-0.2, 0) is 7.05 Å². The first kappa shape index (κ1) is 12.1. The van der Waals surface area contributed by atoms with E-state index in [-0.39, 0.29) is 11.9 Å². The zero-order valence-electron chi connectivity index (χ0n) is 9.72. The van der Waals surface area contributed by atoms with Crippen LogP contribution in [0.5, 0.6) is 0 Å². The fourth-order valence-corrected chi connectivity index (χ4v) is 2.64. The average molecular weight is 251 g/mol. The van der Waals surface area contributed by atoms with E-state index >= 15 is 0 Å². The van der Waals surface area contributed by atoms with Crippen molar-refractivity contribution in [3.8, 4) is 0 Å². The first-order valence-corrected chi connectivity index (χ1v) is 6.10. The Morgan fingerprint density at radius 2 is 2.24 bits per heavy atom. The summed E-state index contributed by atoms with van der Waals surface area (Å²) in [6.45, 7) is 1.85. The van der Waals surface area contributed by atoms with Crippen LogP contribution in [0.4, 0.5) is 4.39 Å². The molecule has 0 aliphatic carbocycles. The van der Waals surface area contributed by atoms with Crippen molar-refractivity contribution in [2.45, 2.75) is 22.8 Å². The number of rotatable bonds is 3. The fraction of sp³-hybridized carbons (Fsp3) is 0.250. The molecule has 2 N–H and O–H groups in total. The Balaban J connectivity index is 2.37. The minimum absolute atomic E-state index is 0.190. The predicted octanol–water partition coefficient (Wildman–Crippen LogP) is 2.73. The van der Waals surface area contributed by atoms with Crippen LogP contribution < -0.4 is 5.73 Å². The van der Waals surface area contributed by atoms with Gasteiger partial charge in [0.25, 0.3) is 0 Å². The molecular formula is C12H14FN3S. The molecule has 2 rings (SSSR count). The molecule has 0 unspecified atom stereocenters. The van der Waals surface area contributed by atoms with Crippen LogP contribution in [0.1, 0.15) is 18.5 Å². The van der Waals surface area contributed by atoms with Gasteiger partial charge in [-0.15, -0.1) is 0 Å². The maximum atomic E-state index is 13.8. The second kappa shape index (κ2) is 4.89. The summed E-state index contributed by atoms with van der Waals surface area (Å²) in [5.41, 5.74) is 6.66. The summed E-state index contributed by atoms with van der Waals surface area (Å²) in [7, 11) is 1.83. The summed E-state index contributed by atoms with van der Waals surface area (Å²) in [6, 6.07) is 4.79. The summed E-state index contributed by atoms with van der Waals surface area (Å²) in [6.07, 6.45) is 3.56. The molecule has 0 fully saturated rings. The molecule has 1 heterocycles. The van der Waals surface area contributed by atoms with E-state index in [1.54, 1.807) is 16.9 Å². The monoisotopic (exact) mass is 251 g/mol. The molecule has 5 heteroatoms. The number of nitrogens with zero attached hydrogens (tertiary/aromatic N) is 2. The molecule has 1 atom stereocenters. The lowest BCUT2D eigenvalue weighted by molar-refractivity contribution is 0.591. The maximum Gasteiger partial charge on any atom is 0.137 e. The van der Waals surface area contributed by atoms with Crippen molar-refractivity contribution in [3.63, 3.8) is 0 Å². The maximum absolute atomic E-state index is 13.8. The van der Waals surface area contributed by atoms with Crippen molar-refractivity contribution in [1.82, 2.24) is 9.78 Å². The van der Waals surface area contributed by atoms with E-state index in [2.05, 4.69) is 5.10 Å². The molecule has 90 valence electrons. The normalized spacial score (nSPS) is 12.7. The van der Waals surface area contributed by atoms with Gasteiger partial charge >= 0.3 is 0 Å². The quantitative estimate of drug-likeness (QED) is 0.912. The standard InChI is InChI=1S/C12H14FN3S/c1-8(14)10-4-3-5-11(13)12(10)17-9-6-15-16(2)7-9/h3-8H,14H2,1-2H3/t8-/m0/s1. The number of nitrogens with two attached hydrogens (primary N) is 1. The molecule has 0 spiro atoms. The fourth-order valence-electron chi connectivity index (χ4n) is 1.56. The molecule has 0 aliphatic heterocycles. The van der Waals surface area contributed by atoms with Crippen LogP contribution in [0.15, 0.2) is 40.4 Å². The second-order valence-electron chi connectivity index (χ2n) is 3.90. The average Bonchev–Trinajstić information content (AvgIpc) is 2.67. The Bertz CT molecular complexity index is 522. The lowest BCUT2D eigenvalue weighted by Crippen LogP contribution is -2.07. The van der Waals surface area contributed by atoms with Crippen molar-refractivity contribution in [2.24, 2.45) is 12.8 Å². The van der Waals surface area contributed by atoms with Gasteiger partial charge in [0.1, 0.15) is 5.82 Å². The minimum atomic E-state index is -0.242.